The van der Waals surface area contributed by atoms with Gasteiger partial charge in [-0.1, -0.05) is 31.0 Å². The van der Waals surface area contributed by atoms with E-state index in [1.54, 1.807) is 18.0 Å². The SMILES string of the molecule is CC(=O)NC1(C(=O)Nc2ccc(Sc3nccn3C)cc2)CCCCC1. The van der Waals surface area contributed by atoms with Gasteiger partial charge in [0.25, 0.3) is 0 Å². The lowest BCUT2D eigenvalue weighted by atomic mass is 9.80. The predicted octanol–water partition coefficient (Wildman–Crippen LogP) is 3.35. The highest BCUT2D eigenvalue weighted by Gasteiger charge is 2.40. The highest BCUT2D eigenvalue weighted by atomic mass is 32.2. The van der Waals surface area contributed by atoms with Gasteiger partial charge in [0.2, 0.25) is 11.8 Å². The number of rotatable bonds is 5. The van der Waals surface area contributed by atoms with Crippen LogP contribution in [-0.4, -0.2) is 26.9 Å². The van der Waals surface area contributed by atoms with Crippen molar-refractivity contribution in [2.24, 2.45) is 7.05 Å². The molecule has 0 radical (unpaired) electrons. The number of carbonyl (C=O) groups excluding carboxylic acids is 2. The summed E-state index contributed by atoms with van der Waals surface area (Å²) in [5.41, 5.74) is -0.0562. The Hall–Kier alpha value is -2.28. The zero-order valence-corrected chi connectivity index (χ0v) is 15.9. The molecule has 0 saturated heterocycles. The lowest BCUT2D eigenvalue weighted by Gasteiger charge is -2.36. The summed E-state index contributed by atoms with van der Waals surface area (Å²) in [6, 6.07) is 7.68. The van der Waals surface area contributed by atoms with Crippen LogP contribution in [-0.2, 0) is 16.6 Å². The third-order valence-electron chi connectivity index (χ3n) is 4.66. The van der Waals surface area contributed by atoms with Crippen LogP contribution < -0.4 is 10.6 Å². The minimum atomic E-state index is -0.787. The van der Waals surface area contributed by atoms with Crippen molar-refractivity contribution in [2.75, 3.05) is 5.32 Å². The van der Waals surface area contributed by atoms with Gasteiger partial charge in [-0.25, -0.2) is 4.98 Å². The van der Waals surface area contributed by atoms with Crippen LogP contribution in [0.15, 0.2) is 46.7 Å². The van der Waals surface area contributed by atoms with Gasteiger partial charge in [0, 0.05) is 36.9 Å². The van der Waals surface area contributed by atoms with Crippen LogP contribution >= 0.6 is 11.8 Å². The number of hydrogen-bond acceptors (Lipinski definition) is 4. The molecule has 1 saturated carbocycles. The van der Waals surface area contributed by atoms with E-state index in [1.165, 1.54) is 6.92 Å². The molecule has 138 valence electrons. The number of anilines is 1. The molecule has 2 amide bonds. The van der Waals surface area contributed by atoms with Crippen LogP contribution in [0.5, 0.6) is 0 Å². The van der Waals surface area contributed by atoms with Crippen LogP contribution in [0.2, 0.25) is 0 Å². The zero-order chi connectivity index (χ0) is 18.6. The fourth-order valence-corrected chi connectivity index (χ4v) is 4.12. The van der Waals surface area contributed by atoms with Gasteiger partial charge in [0.05, 0.1) is 0 Å². The molecule has 0 aliphatic heterocycles. The van der Waals surface area contributed by atoms with E-state index in [2.05, 4.69) is 15.6 Å². The number of imidazole rings is 1. The second-order valence-electron chi connectivity index (χ2n) is 6.73. The number of amides is 2. The highest BCUT2D eigenvalue weighted by Crippen LogP contribution is 2.31. The van der Waals surface area contributed by atoms with Gasteiger partial charge >= 0.3 is 0 Å². The molecule has 0 unspecified atom stereocenters. The van der Waals surface area contributed by atoms with Crippen LogP contribution in [0, 0.1) is 0 Å². The van der Waals surface area contributed by atoms with E-state index in [0.717, 1.165) is 35.0 Å². The van der Waals surface area contributed by atoms with Crippen LogP contribution in [0.25, 0.3) is 0 Å². The molecule has 2 aromatic rings. The molecule has 2 N–H and O–H groups in total. The lowest BCUT2D eigenvalue weighted by Crippen LogP contribution is -2.57. The van der Waals surface area contributed by atoms with Gasteiger partial charge in [0.1, 0.15) is 5.54 Å². The maximum atomic E-state index is 12.9. The minimum absolute atomic E-state index is 0.128. The van der Waals surface area contributed by atoms with Gasteiger partial charge in [-0.2, -0.15) is 0 Å². The molecule has 0 bridgehead atoms. The Balaban J connectivity index is 1.68. The molecule has 7 heteroatoms. The summed E-state index contributed by atoms with van der Waals surface area (Å²) in [5, 5.41) is 6.78. The first-order valence-corrected chi connectivity index (χ1v) is 9.66. The van der Waals surface area contributed by atoms with Crippen LogP contribution in [0.3, 0.4) is 0 Å². The van der Waals surface area contributed by atoms with E-state index in [9.17, 15) is 9.59 Å². The average molecular weight is 372 g/mol. The van der Waals surface area contributed by atoms with Crippen LogP contribution in [0.4, 0.5) is 5.69 Å². The molecule has 1 aliphatic carbocycles. The molecule has 0 spiro atoms. The number of carbonyl (C=O) groups is 2. The van der Waals surface area contributed by atoms with Crippen molar-refractivity contribution in [3.63, 3.8) is 0 Å². The second-order valence-corrected chi connectivity index (χ2v) is 7.77. The van der Waals surface area contributed by atoms with Crippen molar-refractivity contribution in [1.82, 2.24) is 14.9 Å². The summed E-state index contributed by atoms with van der Waals surface area (Å²) in [7, 11) is 1.95. The first kappa shape index (κ1) is 18.5. The van der Waals surface area contributed by atoms with E-state index in [0.29, 0.717) is 12.8 Å². The monoisotopic (exact) mass is 372 g/mol. The van der Waals surface area contributed by atoms with Gasteiger partial charge in [0.15, 0.2) is 5.16 Å². The Morgan fingerprint density at radius 3 is 2.42 bits per heavy atom. The van der Waals surface area contributed by atoms with Crippen LogP contribution in [0.1, 0.15) is 39.0 Å². The summed E-state index contributed by atoms with van der Waals surface area (Å²) < 4.78 is 1.96. The van der Waals surface area contributed by atoms with Crippen molar-refractivity contribution in [3.05, 3.63) is 36.7 Å². The van der Waals surface area contributed by atoms with E-state index in [1.807, 2.05) is 42.1 Å². The first-order valence-electron chi connectivity index (χ1n) is 8.84. The number of aryl methyl sites for hydroxylation is 1. The lowest BCUT2D eigenvalue weighted by molar-refractivity contribution is -0.130. The third kappa shape index (κ3) is 4.27. The molecule has 0 atom stereocenters. The van der Waals surface area contributed by atoms with Gasteiger partial charge in [-0.05, 0) is 37.1 Å². The highest BCUT2D eigenvalue weighted by molar-refractivity contribution is 7.99. The van der Waals surface area contributed by atoms with E-state index >= 15 is 0 Å². The van der Waals surface area contributed by atoms with Crippen molar-refractivity contribution >= 4 is 29.3 Å². The zero-order valence-electron chi connectivity index (χ0n) is 15.1. The Kier molecular flexibility index (Phi) is 5.66. The van der Waals surface area contributed by atoms with Crippen molar-refractivity contribution < 1.29 is 9.59 Å². The van der Waals surface area contributed by atoms with E-state index < -0.39 is 5.54 Å². The summed E-state index contributed by atoms with van der Waals surface area (Å²) in [5.74, 6) is -0.291. The molecule has 1 fully saturated rings. The Labute approximate surface area is 157 Å². The number of hydrogen-bond donors (Lipinski definition) is 2. The number of nitrogens with zero attached hydrogens (tertiary/aromatic N) is 2. The fourth-order valence-electron chi connectivity index (χ4n) is 3.31. The number of benzene rings is 1. The predicted molar refractivity (Wildman–Crippen MR) is 102 cm³/mol. The second kappa shape index (κ2) is 7.95. The summed E-state index contributed by atoms with van der Waals surface area (Å²) >= 11 is 1.57. The fraction of sp³-hybridized carbons (Fsp3) is 0.421. The summed E-state index contributed by atoms with van der Waals surface area (Å²) in [4.78, 5) is 29.8. The Bertz CT molecular complexity index is 779. The normalized spacial score (nSPS) is 16.1. The topological polar surface area (TPSA) is 76.0 Å². The molecule has 1 aliphatic rings. The maximum absolute atomic E-state index is 12.9. The molecule has 6 nitrogen and oxygen atoms in total. The quantitative estimate of drug-likeness (QED) is 0.844. The average Bonchev–Trinajstić information content (AvgIpc) is 3.01. The first-order chi connectivity index (χ1) is 12.5. The minimum Gasteiger partial charge on any atom is -0.342 e. The summed E-state index contributed by atoms with van der Waals surface area (Å²) in [6.07, 6.45) is 8.05. The Morgan fingerprint density at radius 2 is 1.85 bits per heavy atom. The Morgan fingerprint density at radius 1 is 1.15 bits per heavy atom. The molecular formula is C19H24N4O2S. The number of aromatic nitrogens is 2. The van der Waals surface area contributed by atoms with Crippen molar-refractivity contribution in [2.45, 2.75) is 54.6 Å². The standard InChI is InChI=1S/C19H24N4O2S/c1-14(24)22-19(10-4-3-5-11-19)17(25)21-15-6-8-16(9-7-15)26-18-20-12-13-23(18)2/h6-9,12-13H,3-5,10-11H2,1-2H3,(H,21,25)(H,22,24). The summed E-state index contributed by atoms with van der Waals surface area (Å²) in [6.45, 7) is 1.47. The smallest absolute Gasteiger partial charge is 0.250 e. The van der Waals surface area contributed by atoms with E-state index in [4.69, 9.17) is 0 Å². The molecule has 1 aromatic heterocycles. The molecule has 26 heavy (non-hydrogen) atoms. The van der Waals surface area contributed by atoms with Gasteiger partial charge < -0.3 is 15.2 Å². The molecule has 1 aromatic carbocycles. The van der Waals surface area contributed by atoms with Crippen molar-refractivity contribution in [1.29, 1.82) is 0 Å². The number of nitrogens with one attached hydrogen (secondary N) is 2. The molecule has 3 rings (SSSR count). The molecular weight excluding hydrogens is 348 g/mol. The van der Waals surface area contributed by atoms with E-state index in [-0.39, 0.29) is 11.8 Å². The van der Waals surface area contributed by atoms with Crippen molar-refractivity contribution in [3.8, 4) is 0 Å². The third-order valence-corrected chi connectivity index (χ3v) is 5.74. The van der Waals surface area contributed by atoms with Gasteiger partial charge in [-0.3, -0.25) is 9.59 Å². The molecule has 1 heterocycles. The van der Waals surface area contributed by atoms with Gasteiger partial charge in [-0.15, -0.1) is 0 Å². The maximum Gasteiger partial charge on any atom is 0.250 e. The largest absolute Gasteiger partial charge is 0.342 e.